The van der Waals surface area contributed by atoms with Crippen molar-refractivity contribution in [2.24, 2.45) is 0 Å². The smallest absolute Gasteiger partial charge is 0.148 e. The van der Waals surface area contributed by atoms with Gasteiger partial charge in [0.2, 0.25) is 0 Å². The van der Waals surface area contributed by atoms with E-state index in [1.165, 1.54) is 11.5 Å². The number of aryl methyl sites for hydroxylation is 1. The van der Waals surface area contributed by atoms with Crippen LogP contribution in [0.1, 0.15) is 17.2 Å². The molecule has 0 bridgehead atoms. The molecule has 130 valence electrons. The second-order valence-electron chi connectivity index (χ2n) is 6.63. The Kier molecular flexibility index (Phi) is 5.42. The molecular weight excluding hydrogens is 302 g/mol. The molecule has 0 saturated carbocycles. The van der Waals surface area contributed by atoms with Crippen molar-refractivity contribution in [2.75, 3.05) is 45.6 Å². The first kappa shape index (κ1) is 16.9. The van der Waals surface area contributed by atoms with Gasteiger partial charge in [0.1, 0.15) is 11.6 Å². The number of anilines is 1. The highest BCUT2D eigenvalue weighted by Gasteiger charge is 2.17. The number of hydrogen-bond acceptors (Lipinski definition) is 6. The molecule has 1 N–H and O–H groups in total. The molecule has 0 spiro atoms. The lowest BCUT2D eigenvalue weighted by Gasteiger charge is -2.21. The van der Waals surface area contributed by atoms with E-state index in [1.807, 2.05) is 25.3 Å². The molecular formula is C17H27N7. The van der Waals surface area contributed by atoms with Crippen LogP contribution in [0, 0.1) is 6.92 Å². The highest BCUT2D eigenvalue weighted by molar-refractivity contribution is 5.33. The fourth-order valence-electron chi connectivity index (χ4n) is 2.92. The minimum Gasteiger partial charge on any atom is -0.363 e. The molecule has 24 heavy (non-hydrogen) atoms. The number of aromatic nitrogens is 4. The zero-order chi connectivity index (χ0) is 16.9. The molecule has 0 aromatic carbocycles. The molecule has 0 saturated heterocycles. The van der Waals surface area contributed by atoms with Crippen molar-refractivity contribution in [2.45, 2.75) is 26.4 Å². The average molecular weight is 329 g/mol. The molecule has 0 aliphatic carbocycles. The lowest BCUT2D eigenvalue weighted by Crippen LogP contribution is -2.33. The van der Waals surface area contributed by atoms with E-state index in [0.717, 1.165) is 57.2 Å². The Hall–Kier alpha value is -1.99. The molecule has 1 aliphatic heterocycles. The predicted octanol–water partition coefficient (Wildman–Crippen LogP) is 1.01. The molecule has 0 atom stereocenters. The number of rotatable bonds is 6. The molecule has 7 nitrogen and oxygen atoms in total. The van der Waals surface area contributed by atoms with Crippen LogP contribution in [0.4, 0.5) is 5.82 Å². The van der Waals surface area contributed by atoms with Gasteiger partial charge in [-0.3, -0.25) is 4.90 Å². The molecule has 2 aromatic rings. The fourth-order valence-corrected chi connectivity index (χ4v) is 2.92. The molecule has 0 fully saturated rings. The Bertz CT molecular complexity index is 647. The quantitative estimate of drug-likeness (QED) is 0.854. The van der Waals surface area contributed by atoms with Crippen LogP contribution in [-0.2, 0) is 19.5 Å². The highest BCUT2D eigenvalue weighted by atomic mass is 15.2. The van der Waals surface area contributed by atoms with Gasteiger partial charge < -0.3 is 14.8 Å². The van der Waals surface area contributed by atoms with E-state index in [0.29, 0.717) is 0 Å². The first-order valence-corrected chi connectivity index (χ1v) is 8.56. The summed E-state index contributed by atoms with van der Waals surface area (Å²) in [6.07, 6.45) is 3.00. The molecule has 7 heteroatoms. The van der Waals surface area contributed by atoms with E-state index in [4.69, 9.17) is 0 Å². The average Bonchev–Trinajstić information content (AvgIpc) is 2.84. The van der Waals surface area contributed by atoms with Gasteiger partial charge in [0.05, 0.1) is 24.1 Å². The van der Waals surface area contributed by atoms with Crippen molar-refractivity contribution in [3.63, 3.8) is 0 Å². The number of nitrogens with one attached hydrogen (secondary N) is 1. The third-order valence-corrected chi connectivity index (χ3v) is 4.42. The monoisotopic (exact) mass is 329 g/mol. The van der Waals surface area contributed by atoms with E-state index < -0.39 is 0 Å². The Morgan fingerprint density at radius 3 is 2.79 bits per heavy atom. The summed E-state index contributed by atoms with van der Waals surface area (Å²) in [4.78, 5) is 9.39. The van der Waals surface area contributed by atoms with Crippen molar-refractivity contribution in [3.8, 4) is 0 Å². The summed E-state index contributed by atoms with van der Waals surface area (Å²) in [7, 11) is 4.25. The molecule has 2 aromatic heterocycles. The van der Waals surface area contributed by atoms with Crippen LogP contribution in [0.25, 0.3) is 0 Å². The second-order valence-corrected chi connectivity index (χ2v) is 6.63. The van der Waals surface area contributed by atoms with Gasteiger partial charge in [0, 0.05) is 39.1 Å². The van der Waals surface area contributed by atoms with Gasteiger partial charge in [-0.25, -0.2) is 4.98 Å². The van der Waals surface area contributed by atoms with Gasteiger partial charge in [-0.15, -0.1) is 5.10 Å². The summed E-state index contributed by atoms with van der Waals surface area (Å²) < 4.78 is 2.35. The lowest BCUT2D eigenvalue weighted by molar-refractivity contribution is 0.245. The Morgan fingerprint density at radius 1 is 1.17 bits per heavy atom. The van der Waals surface area contributed by atoms with Crippen molar-refractivity contribution in [1.82, 2.24) is 29.5 Å². The van der Waals surface area contributed by atoms with Gasteiger partial charge >= 0.3 is 0 Å². The molecule has 3 rings (SSSR count). The maximum absolute atomic E-state index is 4.62. The van der Waals surface area contributed by atoms with Crippen molar-refractivity contribution >= 4 is 5.82 Å². The third-order valence-electron chi connectivity index (χ3n) is 4.42. The molecule has 0 amide bonds. The molecule has 3 heterocycles. The number of nitrogens with zero attached hydrogens (tertiary/aromatic N) is 6. The van der Waals surface area contributed by atoms with E-state index in [-0.39, 0.29) is 0 Å². The van der Waals surface area contributed by atoms with Crippen LogP contribution in [-0.4, -0.2) is 69.8 Å². The summed E-state index contributed by atoms with van der Waals surface area (Å²) in [5.74, 6) is 1.99. The van der Waals surface area contributed by atoms with Crippen molar-refractivity contribution in [1.29, 1.82) is 0 Å². The maximum Gasteiger partial charge on any atom is 0.148 e. The molecule has 0 unspecified atom stereocenters. The van der Waals surface area contributed by atoms with Crippen molar-refractivity contribution < 1.29 is 0 Å². The number of hydrogen-bond donors (Lipinski definition) is 1. The summed E-state index contributed by atoms with van der Waals surface area (Å²) in [5, 5.41) is 11.6. The predicted molar refractivity (Wildman–Crippen MR) is 95.0 cm³/mol. The normalized spacial score (nSPS) is 15.3. The van der Waals surface area contributed by atoms with Gasteiger partial charge in [0.25, 0.3) is 0 Å². The highest BCUT2D eigenvalue weighted by Crippen LogP contribution is 2.13. The van der Waals surface area contributed by atoms with Gasteiger partial charge in [-0.05, 0) is 33.2 Å². The first-order chi connectivity index (χ1) is 11.6. The Labute approximate surface area is 143 Å². The van der Waals surface area contributed by atoms with E-state index in [1.54, 1.807) is 0 Å². The standard InChI is InChI=1S/C17H27N7/c1-14-4-5-16(21-20-14)18-12-15-13-19-17-6-7-23(9-8-22(2)3)10-11-24(15)17/h4-5,13H,6-12H2,1-3H3,(H,18,21). The fraction of sp³-hybridized carbons (Fsp3) is 0.588. The molecule has 0 radical (unpaired) electrons. The van der Waals surface area contributed by atoms with E-state index in [2.05, 4.69) is 49.0 Å². The third kappa shape index (κ3) is 4.30. The van der Waals surface area contributed by atoms with Crippen LogP contribution in [0.5, 0.6) is 0 Å². The topological polar surface area (TPSA) is 62.1 Å². The van der Waals surface area contributed by atoms with Crippen LogP contribution < -0.4 is 5.32 Å². The summed E-state index contributed by atoms with van der Waals surface area (Å²) >= 11 is 0. The van der Waals surface area contributed by atoms with Crippen LogP contribution in [0.3, 0.4) is 0 Å². The van der Waals surface area contributed by atoms with Crippen LogP contribution in [0.2, 0.25) is 0 Å². The minimum atomic E-state index is 0.725. The zero-order valence-electron chi connectivity index (χ0n) is 14.9. The first-order valence-electron chi connectivity index (χ1n) is 8.56. The van der Waals surface area contributed by atoms with Crippen LogP contribution in [0.15, 0.2) is 18.3 Å². The van der Waals surface area contributed by atoms with Gasteiger partial charge in [0.15, 0.2) is 0 Å². The second kappa shape index (κ2) is 7.72. The number of likely N-dealkylation sites (N-methyl/N-ethyl adjacent to an activating group) is 1. The van der Waals surface area contributed by atoms with Crippen LogP contribution >= 0.6 is 0 Å². The summed E-state index contributed by atoms with van der Waals surface area (Å²) in [6.45, 7) is 8.04. The maximum atomic E-state index is 4.62. The summed E-state index contributed by atoms with van der Waals surface area (Å²) in [5.41, 5.74) is 2.14. The van der Waals surface area contributed by atoms with E-state index >= 15 is 0 Å². The minimum absolute atomic E-state index is 0.725. The van der Waals surface area contributed by atoms with Gasteiger partial charge in [-0.1, -0.05) is 0 Å². The van der Waals surface area contributed by atoms with Gasteiger partial charge in [-0.2, -0.15) is 5.10 Å². The number of imidazole rings is 1. The SMILES string of the molecule is Cc1ccc(NCc2cnc3n2CCN(CCN(C)C)CC3)nn1. The Balaban J connectivity index is 1.59. The zero-order valence-corrected chi connectivity index (χ0v) is 14.9. The molecule has 1 aliphatic rings. The number of fused-ring (bicyclic) bond motifs is 1. The largest absolute Gasteiger partial charge is 0.363 e. The van der Waals surface area contributed by atoms with E-state index in [9.17, 15) is 0 Å². The summed E-state index contributed by atoms with van der Waals surface area (Å²) in [6, 6.07) is 3.93. The van der Waals surface area contributed by atoms with Crippen molar-refractivity contribution in [3.05, 3.63) is 35.5 Å². The lowest BCUT2D eigenvalue weighted by atomic mass is 10.3. The Morgan fingerprint density at radius 2 is 2.04 bits per heavy atom.